The number of amides is 2. The maximum atomic E-state index is 13.0. The molecule has 1 unspecified atom stereocenters. The second-order valence-electron chi connectivity index (χ2n) is 8.59. The number of fused-ring (bicyclic) bond motifs is 2. The summed E-state index contributed by atoms with van der Waals surface area (Å²) in [6.07, 6.45) is 6.63. The molecule has 4 aliphatic rings. The van der Waals surface area contributed by atoms with Crippen LogP contribution in [-0.2, 0) is 26.3 Å². The van der Waals surface area contributed by atoms with Gasteiger partial charge in [0.25, 0.3) is 0 Å². The standard InChI is InChI=1S/C20H29N5O3/c26-17(11-15-12-28-10-6-21-15)24-8-4-20(5-9-24)18-16(22-13-23-18)3-7-25(20)19(27)14-1-2-14/h13-15,21H,1-12H2,(H,22,23). The average molecular weight is 387 g/mol. The van der Waals surface area contributed by atoms with Gasteiger partial charge in [0.2, 0.25) is 11.8 Å². The van der Waals surface area contributed by atoms with Crippen molar-refractivity contribution in [3.05, 3.63) is 17.7 Å². The summed E-state index contributed by atoms with van der Waals surface area (Å²) in [5, 5.41) is 3.36. The Balaban J connectivity index is 1.31. The molecule has 8 nitrogen and oxygen atoms in total. The van der Waals surface area contributed by atoms with Gasteiger partial charge in [-0.15, -0.1) is 0 Å². The zero-order valence-corrected chi connectivity index (χ0v) is 16.3. The van der Waals surface area contributed by atoms with Crippen molar-refractivity contribution in [3.8, 4) is 0 Å². The second-order valence-corrected chi connectivity index (χ2v) is 8.59. The Hall–Kier alpha value is -1.93. The highest BCUT2D eigenvalue weighted by molar-refractivity contribution is 5.82. The third kappa shape index (κ3) is 3.12. The Morgan fingerprint density at radius 3 is 2.79 bits per heavy atom. The number of rotatable bonds is 3. The number of aromatic nitrogens is 2. The molecule has 2 N–H and O–H groups in total. The number of piperidine rings is 1. The van der Waals surface area contributed by atoms with Gasteiger partial charge in [-0.2, -0.15) is 0 Å². The number of carbonyl (C=O) groups is 2. The Labute approximate surface area is 165 Å². The summed E-state index contributed by atoms with van der Waals surface area (Å²) < 4.78 is 5.47. The number of nitrogens with one attached hydrogen (secondary N) is 2. The van der Waals surface area contributed by atoms with Crippen molar-refractivity contribution in [2.24, 2.45) is 5.92 Å². The minimum Gasteiger partial charge on any atom is -0.378 e. The number of morpholine rings is 1. The quantitative estimate of drug-likeness (QED) is 0.784. The van der Waals surface area contributed by atoms with Gasteiger partial charge in [-0.25, -0.2) is 4.98 Å². The Morgan fingerprint density at radius 2 is 2.07 bits per heavy atom. The highest BCUT2D eigenvalue weighted by atomic mass is 16.5. The van der Waals surface area contributed by atoms with Crippen LogP contribution in [0.5, 0.6) is 0 Å². The Bertz CT molecular complexity index is 745. The fourth-order valence-corrected chi connectivity index (χ4v) is 5.07. The fraction of sp³-hybridized carbons (Fsp3) is 0.750. The molecule has 2 amide bonds. The first-order valence-corrected chi connectivity index (χ1v) is 10.6. The van der Waals surface area contributed by atoms with E-state index in [1.807, 2.05) is 4.90 Å². The largest absolute Gasteiger partial charge is 0.378 e. The minimum atomic E-state index is -0.351. The molecule has 1 aromatic heterocycles. The summed E-state index contributed by atoms with van der Waals surface area (Å²) in [7, 11) is 0. The first kappa shape index (κ1) is 18.1. The van der Waals surface area contributed by atoms with E-state index in [0.717, 1.165) is 56.6 Å². The molecule has 1 saturated carbocycles. The first-order chi connectivity index (χ1) is 13.7. The topological polar surface area (TPSA) is 90.6 Å². The van der Waals surface area contributed by atoms with E-state index < -0.39 is 0 Å². The van der Waals surface area contributed by atoms with E-state index in [2.05, 4.69) is 20.2 Å². The Morgan fingerprint density at radius 1 is 1.25 bits per heavy atom. The molecule has 28 heavy (non-hydrogen) atoms. The molecule has 2 saturated heterocycles. The average Bonchev–Trinajstić information content (AvgIpc) is 3.46. The molecule has 4 heterocycles. The number of hydrogen-bond donors (Lipinski definition) is 2. The van der Waals surface area contributed by atoms with Crippen LogP contribution in [0.4, 0.5) is 0 Å². The second kappa shape index (κ2) is 7.15. The van der Waals surface area contributed by atoms with Crippen molar-refractivity contribution in [1.82, 2.24) is 25.1 Å². The molecule has 8 heteroatoms. The number of imidazole rings is 1. The van der Waals surface area contributed by atoms with Crippen LogP contribution >= 0.6 is 0 Å². The summed E-state index contributed by atoms with van der Waals surface area (Å²) in [6.45, 7) is 4.22. The molecule has 1 spiro atoms. The van der Waals surface area contributed by atoms with Gasteiger partial charge in [-0.1, -0.05) is 0 Å². The van der Waals surface area contributed by atoms with Crippen LogP contribution in [-0.4, -0.2) is 77.0 Å². The summed E-state index contributed by atoms with van der Waals surface area (Å²) >= 11 is 0. The smallest absolute Gasteiger partial charge is 0.226 e. The molecule has 1 atom stereocenters. The molecule has 5 rings (SSSR count). The Kier molecular flexibility index (Phi) is 4.63. The lowest BCUT2D eigenvalue weighted by Gasteiger charge is -2.50. The van der Waals surface area contributed by atoms with E-state index in [1.54, 1.807) is 6.33 Å². The molecular weight excluding hydrogens is 358 g/mol. The van der Waals surface area contributed by atoms with E-state index >= 15 is 0 Å². The van der Waals surface area contributed by atoms with Crippen molar-refractivity contribution in [3.63, 3.8) is 0 Å². The van der Waals surface area contributed by atoms with E-state index in [1.165, 1.54) is 0 Å². The van der Waals surface area contributed by atoms with Crippen molar-refractivity contribution < 1.29 is 14.3 Å². The molecule has 3 aliphatic heterocycles. The van der Waals surface area contributed by atoms with Crippen LogP contribution in [0.3, 0.4) is 0 Å². The normalized spacial score (nSPS) is 26.9. The van der Waals surface area contributed by atoms with Crippen LogP contribution in [0.15, 0.2) is 6.33 Å². The lowest BCUT2D eigenvalue weighted by atomic mass is 9.78. The van der Waals surface area contributed by atoms with E-state index in [0.29, 0.717) is 32.7 Å². The maximum Gasteiger partial charge on any atom is 0.226 e. The highest BCUT2D eigenvalue weighted by Crippen LogP contribution is 2.45. The summed E-state index contributed by atoms with van der Waals surface area (Å²) in [4.78, 5) is 37.8. The monoisotopic (exact) mass is 387 g/mol. The van der Waals surface area contributed by atoms with Gasteiger partial charge in [0.05, 0.1) is 30.8 Å². The van der Waals surface area contributed by atoms with Crippen molar-refractivity contribution in [2.45, 2.75) is 50.1 Å². The van der Waals surface area contributed by atoms with Crippen LogP contribution in [0, 0.1) is 5.92 Å². The molecule has 0 aromatic carbocycles. The molecule has 0 radical (unpaired) electrons. The summed E-state index contributed by atoms with van der Waals surface area (Å²) in [5.41, 5.74) is 1.83. The van der Waals surface area contributed by atoms with E-state index in [4.69, 9.17) is 4.74 Å². The first-order valence-electron chi connectivity index (χ1n) is 10.6. The van der Waals surface area contributed by atoms with Crippen LogP contribution in [0.1, 0.15) is 43.5 Å². The fourth-order valence-electron chi connectivity index (χ4n) is 5.07. The number of H-pyrrole nitrogens is 1. The molecule has 3 fully saturated rings. The number of carbonyl (C=O) groups excluding carboxylic acids is 2. The van der Waals surface area contributed by atoms with Gasteiger partial charge in [0, 0.05) is 56.7 Å². The van der Waals surface area contributed by atoms with Crippen LogP contribution in [0.2, 0.25) is 0 Å². The van der Waals surface area contributed by atoms with Gasteiger partial charge >= 0.3 is 0 Å². The SMILES string of the molecule is O=C(CC1COCCN1)N1CCC2(CC1)c1nc[nH]c1CCN2C(=O)C1CC1. The van der Waals surface area contributed by atoms with Crippen molar-refractivity contribution in [2.75, 3.05) is 39.4 Å². The van der Waals surface area contributed by atoms with E-state index in [9.17, 15) is 9.59 Å². The maximum absolute atomic E-state index is 13.0. The zero-order valence-electron chi connectivity index (χ0n) is 16.3. The zero-order chi connectivity index (χ0) is 19.1. The molecule has 0 bridgehead atoms. The number of nitrogens with zero attached hydrogens (tertiary/aromatic N) is 3. The van der Waals surface area contributed by atoms with E-state index in [-0.39, 0.29) is 29.3 Å². The van der Waals surface area contributed by atoms with Crippen LogP contribution in [0.25, 0.3) is 0 Å². The highest BCUT2D eigenvalue weighted by Gasteiger charge is 2.51. The van der Waals surface area contributed by atoms with Gasteiger partial charge in [-0.3, -0.25) is 9.59 Å². The van der Waals surface area contributed by atoms with Crippen molar-refractivity contribution >= 4 is 11.8 Å². The van der Waals surface area contributed by atoms with Crippen LogP contribution < -0.4 is 5.32 Å². The summed E-state index contributed by atoms with van der Waals surface area (Å²) in [6, 6.07) is 0.109. The predicted octanol–water partition coefficient (Wildman–Crippen LogP) is 0.401. The third-order valence-corrected chi connectivity index (χ3v) is 6.82. The minimum absolute atomic E-state index is 0.109. The van der Waals surface area contributed by atoms with Gasteiger partial charge < -0.3 is 24.8 Å². The van der Waals surface area contributed by atoms with Gasteiger partial charge in [0.15, 0.2) is 0 Å². The van der Waals surface area contributed by atoms with Gasteiger partial charge in [-0.05, 0) is 25.7 Å². The molecule has 152 valence electrons. The molecule has 1 aromatic rings. The summed E-state index contributed by atoms with van der Waals surface area (Å²) in [5.74, 6) is 0.669. The molecular formula is C20H29N5O3. The number of hydrogen-bond acceptors (Lipinski definition) is 5. The lowest BCUT2D eigenvalue weighted by molar-refractivity contribution is -0.146. The third-order valence-electron chi connectivity index (χ3n) is 6.82. The molecule has 1 aliphatic carbocycles. The predicted molar refractivity (Wildman–Crippen MR) is 101 cm³/mol. The lowest BCUT2D eigenvalue weighted by Crippen LogP contribution is -2.59. The number of likely N-dealkylation sites (tertiary alicyclic amines) is 1. The number of aromatic amines is 1. The van der Waals surface area contributed by atoms with Crippen molar-refractivity contribution in [1.29, 1.82) is 0 Å². The number of ether oxygens (including phenoxy) is 1. The van der Waals surface area contributed by atoms with Gasteiger partial charge in [0.1, 0.15) is 0 Å².